The van der Waals surface area contributed by atoms with Gasteiger partial charge in [-0.05, 0) is 17.7 Å². The third-order valence-electron chi connectivity index (χ3n) is 4.09. The zero-order chi connectivity index (χ0) is 21.0. The smallest absolute Gasteiger partial charge is 0.416 e. The molecule has 1 atom stereocenters. The van der Waals surface area contributed by atoms with Crippen molar-refractivity contribution in [2.75, 3.05) is 0 Å². The van der Waals surface area contributed by atoms with Crippen LogP contribution in [0.4, 0.5) is 13.2 Å². The third-order valence-corrected chi connectivity index (χ3v) is 4.93. The van der Waals surface area contributed by atoms with E-state index in [1.54, 1.807) is 5.38 Å². The highest BCUT2D eigenvalue weighted by molar-refractivity contribution is 7.12. The molecule has 3 aromatic rings. The van der Waals surface area contributed by atoms with E-state index < -0.39 is 36.1 Å². The van der Waals surface area contributed by atoms with Crippen LogP contribution in [0.5, 0.6) is 0 Å². The molecule has 1 amide bonds. The monoisotopic (exact) mass is 420 g/mol. The molecule has 1 aromatic heterocycles. The second kappa shape index (κ2) is 8.44. The Hall–Kier alpha value is -3.20. The molecule has 0 aliphatic carbocycles. The molecular weight excluding hydrogens is 405 g/mol. The van der Waals surface area contributed by atoms with E-state index in [4.69, 9.17) is 5.11 Å². The van der Waals surface area contributed by atoms with Crippen LogP contribution in [0.2, 0.25) is 0 Å². The highest BCUT2D eigenvalue weighted by Gasteiger charge is 2.30. The molecule has 9 heteroatoms. The molecule has 0 aliphatic rings. The fourth-order valence-electron chi connectivity index (χ4n) is 2.67. The fourth-order valence-corrected chi connectivity index (χ4v) is 3.40. The number of carbonyl (C=O) groups excluding carboxylic acids is 1. The summed E-state index contributed by atoms with van der Waals surface area (Å²) in [6.45, 7) is 0. The summed E-state index contributed by atoms with van der Waals surface area (Å²) >= 11 is 1.10. The summed E-state index contributed by atoms with van der Waals surface area (Å²) in [5, 5.41) is 13.5. The zero-order valence-electron chi connectivity index (χ0n) is 14.8. The highest BCUT2D eigenvalue weighted by atomic mass is 32.1. The van der Waals surface area contributed by atoms with Gasteiger partial charge in [0.15, 0.2) is 5.01 Å². The molecule has 2 aromatic carbocycles. The molecule has 1 heterocycles. The zero-order valence-corrected chi connectivity index (χ0v) is 15.6. The van der Waals surface area contributed by atoms with E-state index in [-0.39, 0.29) is 10.6 Å². The van der Waals surface area contributed by atoms with Crippen molar-refractivity contribution in [1.29, 1.82) is 0 Å². The van der Waals surface area contributed by atoms with E-state index in [0.29, 0.717) is 5.69 Å². The second-order valence-corrected chi connectivity index (χ2v) is 7.01. The Kier molecular flexibility index (Phi) is 5.97. The first-order valence-corrected chi connectivity index (χ1v) is 9.33. The van der Waals surface area contributed by atoms with Crippen LogP contribution in [0, 0.1) is 0 Å². The Morgan fingerprint density at radius 2 is 1.72 bits per heavy atom. The van der Waals surface area contributed by atoms with Crippen molar-refractivity contribution < 1.29 is 27.9 Å². The minimum absolute atomic E-state index is 0.131. The maximum Gasteiger partial charge on any atom is 0.416 e. The molecule has 0 unspecified atom stereocenters. The molecule has 0 aliphatic heterocycles. The first-order valence-electron chi connectivity index (χ1n) is 8.45. The number of hydrogen-bond donors (Lipinski definition) is 2. The molecule has 5 nitrogen and oxygen atoms in total. The van der Waals surface area contributed by atoms with Gasteiger partial charge in [-0.2, -0.15) is 13.2 Å². The lowest BCUT2D eigenvalue weighted by Crippen LogP contribution is -2.30. The van der Waals surface area contributed by atoms with Crippen LogP contribution < -0.4 is 5.32 Å². The van der Waals surface area contributed by atoms with Gasteiger partial charge < -0.3 is 10.4 Å². The Bertz CT molecular complexity index is 1000. The van der Waals surface area contributed by atoms with E-state index in [1.807, 2.05) is 30.3 Å². The number of carboxylic acid groups (broad SMARTS) is 1. The average Bonchev–Trinajstić information content (AvgIpc) is 3.18. The number of nitrogens with zero attached hydrogens (tertiary/aromatic N) is 1. The largest absolute Gasteiger partial charge is 0.481 e. The summed E-state index contributed by atoms with van der Waals surface area (Å²) in [6, 6.07) is 12.2. The summed E-state index contributed by atoms with van der Waals surface area (Å²) in [5.74, 6) is -1.79. The lowest BCUT2D eigenvalue weighted by atomic mass is 10.0. The number of halogens is 3. The molecule has 29 heavy (non-hydrogen) atoms. The van der Waals surface area contributed by atoms with Crippen molar-refractivity contribution >= 4 is 23.2 Å². The van der Waals surface area contributed by atoms with E-state index in [0.717, 1.165) is 41.2 Å². The lowest BCUT2D eigenvalue weighted by Gasteiger charge is -2.17. The number of carboxylic acids is 1. The summed E-state index contributed by atoms with van der Waals surface area (Å²) in [6.07, 6.45) is -4.98. The number of hydrogen-bond acceptors (Lipinski definition) is 4. The normalized spacial score (nSPS) is 12.4. The molecule has 0 bridgehead atoms. The van der Waals surface area contributed by atoms with Gasteiger partial charge in [0.25, 0.3) is 5.91 Å². The van der Waals surface area contributed by atoms with Gasteiger partial charge in [-0.3, -0.25) is 9.59 Å². The van der Waals surface area contributed by atoms with Gasteiger partial charge in [0.05, 0.1) is 23.7 Å². The maximum atomic E-state index is 12.7. The van der Waals surface area contributed by atoms with Crippen LogP contribution in [0.15, 0.2) is 60.0 Å². The first kappa shape index (κ1) is 20.5. The van der Waals surface area contributed by atoms with E-state index in [1.165, 1.54) is 0 Å². The van der Waals surface area contributed by atoms with Crippen molar-refractivity contribution in [1.82, 2.24) is 10.3 Å². The van der Waals surface area contributed by atoms with E-state index in [2.05, 4.69) is 10.3 Å². The van der Waals surface area contributed by atoms with Crippen LogP contribution in [-0.2, 0) is 11.0 Å². The average molecular weight is 420 g/mol. The van der Waals surface area contributed by atoms with Gasteiger partial charge in [-0.1, -0.05) is 42.5 Å². The van der Waals surface area contributed by atoms with Crippen LogP contribution in [0.1, 0.15) is 33.4 Å². The van der Waals surface area contributed by atoms with Gasteiger partial charge in [0.2, 0.25) is 0 Å². The molecular formula is C20H15F3N2O3S. The number of alkyl halides is 3. The van der Waals surface area contributed by atoms with Crippen LogP contribution >= 0.6 is 11.3 Å². The van der Waals surface area contributed by atoms with Crippen LogP contribution in [0.3, 0.4) is 0 Å². The molecule has 0 radical (unpaired) electrons. The number of carbonyl (C=O) groups is 2. The summed E-state index contributed by atoms with van der Waals surface area (Å²) in [7, 11) is 0. The van der Waals surface area contributed by atoms with Gasteiger partial charge >= 0.3 is 12.1 Å². The summed E-state index contributed by atoms with van der Waals surface area (Å²) in [5.41, 5.74) is 0.834. The van der Waals surface area contributed by atoms with Crippen molar-refractivity contribution in [3.8, 4) is 11.3 Å². The van der Waals surface area contributed by atoms with Crippen molar-refractivity contribution in [3.63, 3.8) is 0 Å². The number of rotatable bonds is 6. The Morgan fingerprint density at radius 3 is 2.31 bits per heavy atom. The van der Waals surface area contributed by atoms with E-state index in [9.17, 15) is 22.8 Å². The molecule has 2 N–H and O–H groups in total. The molecule has 0 spiro atoms. The standard InChI is InChI=1S/C20H15F3N2O3S/c21-20(22,23)14-8-6-13(7-9-14)15(10-17(26)27)24-18(28)19-25-16(11-29-19)12-4-2-1-3-5-12/h1-9,11,15H,10H2,(H,24,28)(H,26,27)/t15-/m0/s1. The number of aromatic nitrogens is 1. The fraction of sp³-hybridized carbons (Fsp3) is 0.150. The van der Waals surface area contributed by atoms with Gasteiger partial charge in [-0.25, -0.2) is 4.98 Å². The molecule has 0 saturated heterocycles. The van der Waals surface area contributed by atoms with Gasteiger partial charge in [0.1, 0.15) is 0 Å². The lowest BCUT2D eigenvalue weighted by molar-refractivity contribution is -0.138. The topological polar surface area (TPSA) is 79.3 Å². The quantitative estimate of drug-likeness (QED) is 0.602. The van der Waals surface area contributed by atoms with Crippen LogP contribution in [0.25, 0.3) is 11.3 Å². The Morgan fingerprint density at radius 1 is 1.07 bits per heavy atom. The predicted molar refractivity (Wildman–Crippen MR) is 101 cm³/mol. The SMILES string of the molecule is O=C(O)C[C@H](NC(=O)c1nc(-c2ccccc2)cs1)c1ccc(C(F)(F)F)cc1. The summed E-state index contributed by atoms with van der Waals surface area (Å²) < 4.78 is 38.2. The minimum atomic E-state index is -4.50. The highest BCUT2D eigenvalue weighted by Crippen LogP contribution is 2.30. The molecule has 0 fully saturated rings. The number of thiazole rings is 1. The van der Waals surface area contributed by atoms with Gasteiger partial charge in [-0.15, -0.1) is 11.3 Å². The number of aliphatic carboxylic acids is 1. The van der Waals surface area contributed by atoms with Crippen molar-refractivity contribution in [2.24, 2.45) is 0 Å². The second-order valence-electron chi connectivity index (χ2n) is 6.15. The Labute approximate surface area is 167 Å². The summed E-state index contributed by atoms with van der Waals surface area (Å²) in [4.78, 5) is 28.0. The minimum Gasteiger partial charge on any atom is -0.481 e. The molecule has 0 saturated carbocycles. The molecule has 3 rings (SSSR count). The van der Waals surface area contributed by atoms with Crippen molar-refractivity contribution in [2.45, 2.75) is 18.6 Å². The van der Waals surface area contributed by atoms with E-state index >= 15 is 0 Å². The predicted octanol–water partition coefficient (Wildman–Crippen LogP) is 4.77. The third kappa shape index (κ3) is 5.20. The van der Waals surface area contributed by atoms with Gasteiger partial charge in [0, 0.05) is 10.9 Å². The Balaban J connectivity index is 1.79. The number of nitrogens with one attached hydrogen (secondary N) is 1. The number of benzene rings is 2. The van der Waals surface area contributed by atoms with Crippen LogP contribution in [-0.4, -0.2) is 22.0 Å². The van der Waals surface area contributed by atoms with Crippen molar-refractivity contribution in [3.05, 3.63) is 76.1 Å². The maximum absolute atomic E-state index is 12.7. The first-order chi connectivity index (χ1) is 13.7. The molecule has 150 valence electrons. The number of amides is 1.